The van der Waals surface area contributed by atoms with Gasteiger partial charge in [-0.3, -0.25) is 4.79 Å². The summed E-state index contributed by atoms with van der Waals surface area (Å²) < 4.78 is 1.26. The molecule has 0 spiro atoms. The molecule has 0 atom stereocenters. The molecule has 2 aromatic rings. The number of hydrogen-bond acceptors (Lipinski definition) is 4. The molecule has 0 saturated carbocycles. The Morgan fingerprint density at radius 2 is 2.28 bits per heavy atom. The van der Waals surface area contributed by atoms with Crippen LogP contribution in [0.3, 0.4) is 0 Å². The number of rotatable bonds is 3. The van der Waals surface area contributed by atoms with Crippen LogP contribution in [0.15, 0.2) is 28.7 Å². The Balaban J connectivity index is 2.08. The van der Waals surface area contributed by atoms with Crippen molar-refractivity contribution in [2.24, 2.45) is 0 Å². The minimum Gasteiger partial charge on any atom is -0.335 e. The molecule has 0 aliphatic rings. The zero-order valence-corrected chi connectivity index (χ0v) is 12.6. The molecule has 1 aromatic heterocycles. The second-order valence-electron chi connectivity index (χ2n) is 3.65. The number of carbonyl (C=O) groups excluding carboxylic acids is 1. The normalized spacial score (nSPS) is 10.4. The molecule has 7 heteroatoms. The Morgan fingerprint density at radius 1 is 1.50 bits per heavy atom. The number of nitrogens with zero attached hydrogens (tertiary/aromatic N) is 3. The first-order valence-corrected chi connectivity index (χ1v) is 7.04. The number of aromatic nitrogens is 2. The minimum atomic E-state index is -0.181. The molecule has 0 fully saturated rings. The van der Waals surface area contributed by atoms with Gasteiger partial charge >= 0.3 is 0 Å². The average molecular weight is 347 g/mol. The summed E-state index contributed by atoms with van der Waals surface area (Å²) in [5, 5.41) is 7.66. The van der Waals surface area contributed by atoms with E-state index in [2.05, 4.69) is 26.1 Å². The SMILES string of the molecule is CN(Cc1cccc(Br)c1)C(=O)c1nnc(Cl)s1. The topological polar surface area (TPSA) is 46.1 Å². The van der Waals surface area contributed by atoms with Gasteiger partial charge in [0.1, 0.15) is 0 Å². The molecule has 94 valence electrons. The summed E-state index contributed by atoms with van der Waals surface area (Å²) in [7, 11) is 1.72. The molecule has 0 N–H and O–H groups in total. The molecule has 0 unspecified atom stereocenters. The van der Waals surface area contributed by atoms with Gasteiger partial charge in [0.2, 0.25) is 9.47 Å². The van der Waals surface area contributed by atoms with Crippen molar-refractivity contribution in [3.63, 3.8) is 0 Å². The van der Waals surface area contributed by atoms with Gasteiger partial charge in [-0.2, -0.15) is 0 Å². The van der Waals surface area contributed by atoms with Crippen molar-refractivity contribution < 1.29 is 4.79 Å². The minimum absolute atomic E-state index is 0.181. The van der Waals surface area contributed by atoms with E-state index in [0.29, 0.717) is 11.6 Å². The molecule has 0 aliphatic carbocycles. The van der Waals surface area contributed by atoms with Gasteiger partial charge in [0.05, 0.1) is 0 Å². The van der Waals surface area contributed by atoms with Crippen molar-refractivity contribution in [1.29, 1.82) is 0 Å². The number of hydrogen-bond donors (Lipinski definition) is 0. The summed E-state index contributed by atoms with van der Waals surface area (Å²) in [5.41, 5.74) is 1.04. The summed E-state index contributed by atoms with van der Waals surface area (Å²) in [4.78, 5) is 13.6. The Kier molecular flexibility index (Phi) is 4.31. The van der Waals surface area contributed by atoms with E-state index < -0.39 is 0 Å². The van der Waals surface area contributed by atoms with Gasteiger partial charge < -0.3 is 4.90 Å². The lowest BCUT2D eigenvalue weighted by Gasteiger charge is -2.15. The average Bonchev–Trinajstić information content (AvgIpc) is 2.75. The zero-order chi connectivity index (χ0) is 13.1. The molecule has 0 saturated heterocycles. The van der Waals surface area contributed by atoms with Gasteiger partial charge in [-0.15, -0.1) is 10.2 Å². The van der Waals surface area contributed by atoms with Crippen molar-refractivity contribution in [3.8, 4) is 0 Å². The van der Waals surface area contributed by atoms with E-state index in [1.165, 1.54) is 0 Å². The molecular formula is C11H9BrClN3OS. The van der Waals surface area contributed by atoms with E-state index in [9.17, 15) is 4.79 Å². The summed E-state index contributed by atoms with van der Waals surface area (Å²) in [6, 6.07) is 7.80. The van der Waals surface area contributed by atoms with Gasteiger partial charge in [-0.05, 0) is 29.3 Å². The maximum absolute atomic E-state index is 12.0. The number of halogens is 2. The Morgan fingerprint density at radius 3 is 2.89 bits per heavy atom. The highest BCUT2D eigenvalue weighted by molar-refractivity contribution is 9.10. The molecule has 18 heavy (non-hydrogen) atoms. The fourth-order valence-electron chi connectivity index (χ4n) is 1.44. The zero-order valence-electron chi connectivity index (χ0n) is 9.43. The van der Waals surface area contributed by atoms with Crippen LogP contribution < -0.4 is 0 Å². The third-order valence-electron chi connectivity index (χ3n) is 2.24. The smallest absolute Gasteiger partial charge is 0.284 e. The maximum Gasteiger partial charge on any atom is 0.284 e. The van der Waals surface area contributed by atoms with Crippen LogP contribution in [0.2, 0.25) is 4.47 Å². The number of carbonyl (C=O) groups is 1. The van der Waals surface area contributed by atoms with E-state index in [1.54, 1.807) is 11.9 Å². The van der Waals surface area contributed by atoms with Crippen molar-refractivity contribution in [2.45, 2.75) is 6.54 Å². The highest BCUT2D eigenvalue weighted by atomic mass is 79.9. The molecule has 2 rings (SSSR count). The first-order valence-electron chi connectivity index (χ1n) is 5.05. The van der Waals surface area contributed by atoms with Crippen molar-refractivity contribution >= 4 is 44.8 Å². The quantitative estimate of drug-likeness (QED) is 0.857. The first-order chi connectivity index (χ1) is 8.56. The van der Waals surface area contributed by atoms with Crippen molar-refractivity contribution in [2.75, 3.05) is 7.05 Å². The molecule has 0 radical (unpaired) electrons. The van der Waals surface area contributed by atoms with Gasteiger partial charge in [-0.25, -0.2) is 0 Å². The second kappa shape index (κ2) is 5.77. The fourth-order valence-corrected chi connectivity index (χ4v) is 2.71. The molecule has 1 amide bonds. The lowest BCUT2D eigenvalue weighted by molar-refractivity contribution is 0.0784. The Hall–Kier alpha value is -0.980. The van der Waals surface area contributed by atoms with Crippen molar-refractivity contribution in [3.05, 3.63) is 43.8 Å². The molecule has 0 bridgehead atoms. The predicted molar refractivity (Wildman–Crippen MR) is 74.9 cm³/mol. The van der Waals surface area contributed by atoms with Gasteiger partial charge in [0.25, 0.3) is 5.91 Å². The van der Waals surface area contributed by atoms with Crippen LogP contribution in [0.5, 0.6) is 0 Å². The lowest BCUT2D eigenvalue weighted by atomic mass is 10.2. The molecule has 0 aliphatic heterocycles. The monoisotopic (exact) mass is 345 g/mol. The Bertz CT molecular complexity index is 575. The van der Waals surface area contributed by atoms with Gasteiger partial charge in [0, 0.05) is 18.1 Å². The van der Waals surface area contributed by atoms with Crippen LogP contribution in [0.25, 0.3) is 0 Å². The highest BCUT2D eigenvalue weighted by Gasteiger charge is 2.16. The van der Waals surface area contributed by atoms with Crippen LogP contribution in [0.4, 0.5) is 0 Å². The summed E-state index contributed by atoms with van der Waals surface area (Å²) >= 11 is 10.1. The molecule has 1 aromatic carbocycles. The molecule has 4 nitrogen and oxygen atoms in total. The third-order valence-corrected chi connectivity index (χ3v) is 3.74. The Labute approximate surface area is 122 Å². The lowest BCUT2D eigenvalue weighted by Crippen LogP contribution is -2.26. The van der Waals surface area contributed by atoms with Crippen LogP contribution in [0.1, 0.15) is 15.4 Å². The summed E-state index contributed by atoms with van der Waals surface area (Å²) in [5.74, 6) is -0.181. The molecule has 1 heterocycles. The summed E-state index contributed by atoms with van der Waals surface area (Å²) in [6.45, 7) is 0.509. The van der Waals surface area contributed by atoms with E-state index in [0.717, 1.165) is 21.4 Å². The predicted octanol–water partition coefficient (Wildman–Crippen LogP) is 3.23. The summed E-state index contributed by atoms with van der Waals surface area (Å²) in [6.07, 6.45) is 0. The van der Waals surface area contributed by atoms with Crippen LogP contribution in [-0.4, -0.2) is 28.1 Å². The largest absolute Gasteiger partial charge is 0.335 e. The van der Waals surface area contributed by atoms with Crippen molar-refractivity contribution in [1.82, 2.24) is 15.1 Å². The van der Waals surface area contributed by atoms with E-state index in [1.807, 2.05) is 24.3 Å². The first kappa shape index (κ1) is 13.5. The van der Waals surface area contributed by atoms with E-state index >= 15 is 0 Å². The number of amides is 1. The van der Waals surface area contributed by atoms with Gasteiger partial charge in [0.15, 0.2) is 0 Å². The van der Waals surface area contributed by atoms with E-state index in [-0.39, 0.29) is 10.4 Å². The fraction of sp³-hybridized carbons (Fsp3) is 0.182. The third kappa shape index (κ3) is 3.28. The van der Waals surface area contributed by atoms with Crippen LogP contribution in [-0.2, 0) is 6.54 Å². The van der Waals surface area contributed by atoms with Gasteiger partial charge in [-0.1, -0.05) is 39.4 Å². The number of benzene rings is 1. The van der Waals surface area contributed by atoms with E-state index in [4.69, 9.17) is 11.6 Å². The maximum atomic E-state index is 12.0. The second-order valence-corrected chi connectivity index (χ2v) is 6.13. The highest BCUT2D eigenvalue weighted by Crippen LogP contribution is 2.18. The van der Waals surface area contributed by atoms with Crippen LogP contribution >= 0.6 is 38.9 Å². The molecular weight excluding hydrogens is 338 g/mol. The standard InChI is InChI=1S/C11H9BrClN3OS/c1-16(6-7-3-2-4-8(12)5-7)10(17)9-14-15-11(13)18-9/h2-5H,6H2,1H3. The van der Waals surface area contributed by atoms with Crippen LogP contribution in [0, 0.1) is 0 Å².